The summed E-state index contributed by atoms with van der Waals surface area (Å²) in [5.41, 5.74) is 1.00. The van der Waals surface area contributed by atoms with Gasteiger partial charge in [-0.1, -0.05) is 5.21 Å². The molecule has 1 rings (SSSR count). The highest BCUT2D eigenvalue weighted by Crippen LogP contribution is 2.16. The van der Waals surface area contributed by atoms with Gasteiger partial charge in [-0.2, -0.15) is 0 Å². The Balaban J connectivity index is 2.85. The van der Waals surface area contributed by atoms with E-state index >= 15 is 0 Å². The van der Waals surface area contributed by atoms with Crippen molar-refractivity contribution in [2.45, 2.75) is 32.4 Å². The fraction of sp³-hybridized carbons (Fsp3) is 0.700. The van der Waals surface area contributed by atoms with E-state index in [1.165, 1.54) is 0 Å². The van der Waals surface area contributed by atoms with Crippen molar-refractivity contribution in [3.63, 3.8) is 0 Å². The van der Waals surface area contributed by atoms with Crippen LogP contribution in [0.4, 0.5) is 0 Å². The Morgan fingerprint density at radius 2 is 2.38 bits per heavy atom. The lowest BCUT2D eigenvalue weighted by atomic mass is 10.2. The maximum absolute atomic E-state index is 10.7. The summed E-state index contributed by atoms with van der Waals surface area (Å²) in [4.78, 5) is 10.7. The second-order valence-electron chi connectivity index (χ2n) is 3.63. The second-order valence-corrected chi connectivity index (χ2v) is 3.63. The van der Waals surface area contributed by atoms with Crippen molar-refractivity contribution < 1.29 is 14.6 Å². The van der Waals surface area contributed by atoms with Crippen molar-refractivity contribution in [2.75, 3.05) is 13.7 Å². The summed E-state index contributed by atoms with van der Waals surface area (Å²) in [6.07, 6.45) is 2.16. The zero-order chi connectivity index (χ0) is 12.0. The fourth-order valence-electron chi connectivity index (χ4n) is 1.56. The summed E-state index contributed by atoms with van der Waals surface area (Å²) in [7, 11) is 1.56. The SMILES string of the molecule is COCc1c(C=O)nnn1C(C)CCCO. The van der Waals surface area contributed by atoms with Crippen molar-refractivity contribution in [3.05, 3.63) is 11.4 Å². The van der Waals surface area contributed by atoms with Crippen LogP contribution >= 0.6 is 0 Å². The lowest BCUT2D eigenvalue weighted by molar-refractivity contribution is 0.111. The van der Waals surface area contributed by atoms with Crippen LogP contribution in [0.15, 0.2) is 0 Å². The molecular weight excluding hydrogens is 210 g/mol. The van der Waals surface area contributed by atoms with Crippen molar-refractivity contribution >= 4 is 6.29 Å². The van der Waals surface area contributed by atoms with E-state index in [9.17, 15) is 4.79 Å². The summed E-state index contributed by atoms with van der Waals surface area (Å²) in [6.45, 7) is 2.43. The monoisotopic (exact) mass is 227 g/mol. The van der Waals surface area contributed by atoms with Gasteiger partial charge in [0.15, 0.2) is 12.0 Å². The molecule has 0 fully saturated rings. The first-order valence-electron chi connectivity index (χ1n) is 5.23. The zero-order valence-electron chi connectivity index (χ0n) is 9.59. The van der Waals surface area contributed by atoms with Crippen LogP contribution in [0.3, 0.4) is 0 Å². The molecule has 6 heteroatoms. The molecule has 1 unspecified atom stereocenters. The maximum atomic E-state index is 10.7. The van der Waals surface area contributed by atoms with Gasteiger partial charge in [-0.25, -0.2) is 4.68 Å². The Bertz CT molecular complexity index is 338. The van der Waals surface area contributed by atoms with E-state index in [4.69, 9.17) is 9.84 Å². The third-order valence-electron chi connectivity index (χ3n) is 2.41. The maximum Gasteiger partial charge on any atom is 0.172 e. The third-order valence-corrected chi connectivity index (χ3v) is 2.41. The van der Waals surface area contributed by atoms with Gasteiger partial charge in [0.2, 0.25) is 0 Å². The zero-order valence-corrected chi connectivity index (χ0v) is 9.59. The molecular formula is C10H17N3O3. The fourth-order valence-corrected chi connectivity index (χ4v) is 1.56. The van der Waals surface area contributed by atoms with Crippen LogP contribution in [0.1, 0.15) is 42.0 Å². The summed E-state index contributed by atoms with van der Waals surface area (Å²) in [6, 6.07) is 0.0958. The molecule has 0 aliphatic rings. The van der Waals surface area contributed by atoms with E-state index in [1.807, 2.05) is 6.92 Å². The smallest absolute Gasteiger partial charge is 0.172 e. The normalized spacial score (nSPS) is 12.7. The van der Waals surface area contributed by atoms with E-state index < -0.39 is 0 Å². The molecule has 0 amide bonds. The molecule has 0 aromatic carbocycles. The molecule has 0 saturated carbocycles. The number of nitrogens with zero attached hydrogens (tertiary/aromatic N) is 3. The summed E-state index contributed by atoms with van der Waals surface area (Å²) >= 11 is 0. The number of aromatic nitrogens is 3. The molecule has 90 valence electrons. The topological polar surface area (TPSA) is 77.2 Å². The average molecular weight is 227 g/mol. The van der Waals surface area contributed by atoms with Gasteiger partial charge < -0.3 is 9.84 Å². The van der Waals surface area contributed by atoms with Gasteiger partial charge in [-0.15, -0.1) is 5.10 Å². The van der Waals surface area contributed by atoms with Crippen LogP contribution in [-0.4, -0.2) is 40.1 Å². The molecule has 1 heterocycles. The quantitative estimate of drug-likeness (QED) is 0.689. The number of ether oxygens (including phenoxy) is 1. The van der Waals surface area contributed by atoms with Gasteiger partial charge >= 0.3 is 0 Å². The molecule has 0 aliphatic carbocycles. The van der Waals surface area contributed by atoms with Crippen LogP contribution < -0.4 is 0 Å². The highest BCUT2D eigenvalue weighted by atomic mass is 16.5. The molecule has 0 radical (unpaired) electrons. The van der Waals surface area contributed by atoms with Gasteiger partial charge in [-0.3, -0.25) is 4.79 Å². The molecule has 1 atom stereocenters. The molecule has 0 aliphatic heterocycles. The van der Waals surface area contributed by atoms with Crippen LogP contribution in [0.25, 0.3) is 0 Å². The number of aliphatic hydroxyl groups is 1. The Morgan fingerprint density at radius 1 is 1.62 bits per heavy atom. The van der Waals surface area contributed by atoms with E-state index in [0.29, 0.717) is 30.7 Å². The van der Waals surface area contributed by atoms with Gasteiger partial charge in [0.1, 0.15) is 0 Å². The molecule has 6 nitrogen and oxygen atoms in total. The van der Waals surface area contributed by atoms with Crippen LogP contribution in [0.2, 0.25) is 0 Å². The number of aliphatic hydroxyl groups excluding tert-OH is 1. The average Bonchev–Trinajstić information content (AvgIpc) is 2.69. The molecule has 1 aromatic heterocycles. The molecule has 1 N–H and O–H groups in total. The number of hydrogen-bond donors (Lipinski definition) is 1. The van der Waals surface area contributed by atoms with Crippen molar-refractivity contribution in [1.82, 2.24) is 15.0 Å². The second kappa shape index (κ2) is 6.34. The number of rotatable bonds is 7. The van der Waals surface area contributed by atoms with Gasteiger partial charge in [0.25, 0.3) is 0 Å². The van der Waals surface area contributed by atoms with Crippen molar-refractivity contribution in [1.29, 1.82) is 0 Å². The lowest BCUT2D eigenvalue weighted by Gasteiger charge is -2.13. The molecule has 1 aromatic rings. The number of aldehydes is 1. The number of carbonyl (C=O) groups is 1. The minimum Gasteiger partial charge on any atom is -0.396 e. The highest BCUT2D eigenvalue weighted by molar-refractivity contribution is 5.73. The Labute approximate surface area is 94.2 Å². The number of methoxy groups -OCH3 is 1. The summed E-state index contributed by atoms with van der Waals surface area (Å²) in [5, 5.41) is 16.5. The molecule has 16 heavy (non-hydrogen) atoms. The predicted octanol–water partition coefficient (Wildman–Crippen LogP) is 0.570. The highest BCUT2D eigenvalue weighted by Gasteiger charge is 2.16. The first-order chi connectivity index (χ1) is 7.74. The van der Waals surface area contributed by atoms with Gasteiger partial charge in [-0.05, 0) is 19.8 Å². The lowest BCUT2D eigenvalue weighted by Crippen LogP contribution is -2.12. The number of hydrogen-bond acceptors (Lipinski definition) is 5. The van der Waals surface area contributed by atoms with E-state index in [2.05, 4.69) is 10.3 Å². The first-order valence-corrected chi connectivity index (χ1v) is 5.23. The molecule has 0 saturated heterocycles. The number of carbonyl (C=O) groups excluding carboxylic acids is 1. The van der Waals surface area contributed by atoms with Crippen molar-refractivity contribution in [2.24, 2.45) is 0 Å². The minimum absolute atomic E-state index is 0.0958. The predicted molar refractivity (Wildman–Crippen MR) is 57.2 cm³/mol. The van der Waals surface area contributed by atoms with Gasteiger partial charge in [0.05, 0.1) is 18.3 Å². The van der Waals surface area contributed by atoms with E-state index in [-0.39, 0.29) is 12.6 Å². The van der Waals surface area contributed by atoms with E-state index in [1.54, 1.807) is 11.8 Å². The minimum atomic E-state index is 0.0958. The van der Waals surface area contributed by atoms with E-state index in [0.717, 1.165) is 6.42 Å². The third kappa shape index (κ3) is 2.86. The molecule has 0 bridgehead atoms. The molecule has 0 spiro atoms. The Kier molecular flexibility index (Phi) is 5.07. The Hall–Kier alpha value is -1.27. The van der Waals surface area contributed by atoms with Crippen LogP contribution in [-0.2, 0) is 11.3 Å². The largest absolute Gasteiger partial charge is 0.396 e. The standard InChI is InChI=1S/C10H17N3O3/c1-8(4-3-5-14)13-10(7-16-2)9(6-15)11-12-13/h6,8,14H,3-5,7H2,1-2H3. The Morgan fingerprint density at radius 3 is 2.94 bits per heavy atom. The van der Waals surface area contributed by atoms with Crippen LogP contribution in [0, 0.1) is 0 Å². The summed E-state index contributed by atoms with van der Waals surface area (Å²) in [5.74, 6) is 0. The first kappa shape index (κ1) is 12.8. The van der Waals surface area contributed by atoms with Gasteiger partial charge in [0, 0.05) is 13.7 Å². The van der Waals surface area contributed by atoms with Crippen LogP contribution in [0.5, 0.6) is 0 Å². The van der Waals surface area contributed by atoms with Crippen molar-refractivity contribution in [3.8, 4) is 0 Å². The summed E-state index contributed by atoms with van der Waals surface area (Å²) < 4.78 is 6.70.